The summed E-state index contributed by atoms with van der Waals surface area (Å²) < 4.78 is 0. The maximum atomic E-state index is 10.7. The SMILES string of the molecule is CCCNCC1CCN(C)C1c1ccc([N+](=O)[O-])cc1. The molecule has 1 aromatic rings. The molecule has 5 nitrogen and oxygen atoms in total. The number of nitro groups is 1. The maximum Gasteiger partial charge on any atom is 0.269 e. The van der Waals surface area contributed by atoms with Gasteiger partial charge in [-0.2, -0.15) is 0 Å². The molecular weight excluding hydrogens is 254 g/mol. The number of benzene rings is 1. The summed E-state index contributed by atoms with van der Waals surface area (Å²) in [4.78, 5) is 12.7. The molecule has 20 heavy (non-hydrogen) atoms. The Bertz CT molecular complexity index is 447. The van der Waals surface area contributed by atoms with E-state index in [1.165, 1.54) is 12.0 Å². The summed E-state index contributed by atoms with van der Waals surface area (Å²) in [6.45, 7) is 5.31. The van der Waals surface area contributed by atoms with Crippen molar-refractivity contribution in [2.24, 2.45) is 5.92 Å². The van der Waals surface area contributed by atoms with Crippen LogP contribution in [-0.4, -0.2) is 36.5 Å². The van der Waals surface area contributed by atoms with E-state index in [2.05, 4.69) is 24.2 Å². The molecule has 0 spiro atoms. The van der Waals surface area contributed by atoms with Crippen molar-refractivity contribution in [1.29, 1.82) is 0 Å². The van der Waals surface area contributed by atoms with Crippen LogP contribution in [0.1, 0.15) is 31.4 Å². The minimum Gasteiger partial charge on any atom is -0.316 e. The molecule has 1 N–H and O–H groups in total. The number of nitro benzene ring substituents is 1. The van der Waals surface area contributed by atoms with E-state index in [0.29, 0.717) is 12.0 Å². The number of non-ortho nitro benzene ring substituents is 1. The molecule has 0 bridgehead atoms. The van der Waals surface area contributed by atoms with Gasteiger partial charge in [-0.15, -0.1) is 0 Å². The highest BCUT2D eigenvalue weighted by atomic mass is 16.6. The van der Waals surface area contributed by atoms with Gasteiger partial charge in [-0.25, -0.2) is 0 Å². The zero-order valence-corrected chi connectivity index (χ0v) is 12.2. The Labute approximate surface area is 120 Å². The van der Waals surface area contributed by atoms with Crippen LogP contribution in [0.3, 0.4) is 0 Å². The first-order chi connectivity index (χ1) is 9.63. The molecule has 0 radical (unpaired) electrons. The second-order valence-corrected chi connectivity index (χ2v) is 5.53. The molecule has 2 atom stereocenters. The monoisotopic (exact) mass is 277 g/mol. The molecule has 2 rings (SSSR count). The second kappa shape index (κ2) is 6.81. The predicted molar refractivity (Wildman–Crippen MR) is 79.7 cm³/mol. The Morgan fingerprint density at radius 2 is 2.10 bits per heavy atom. The van der Waals surface area contributed by atoms with Gasteiger partial charge in [0.05, 0.1) is 4.92 Å². The van der Waals surface area contributed by atoms with Crippen molar-refractivity contribution in [1.82, 2.24) is 10.2 Å². The summed E-state index contributed by atoms with van der Waals surface area (Å²) >= 11 is 0. The Morgan fingerprint density at radius 1 is 1.40 bits per heavy atom. The van der Waals surface area contributed by atoms with Crippen LogP contribution < -0.4 is 5.32 Å². The van der Waals surface area contributed by atoms with Crippen LogP contribution in [0.15, 0.2) is 24.3 Å². The van der Waals surface area contributed by atoms with E-state index in [1.807, 2.05) is 12.1 Å². The average molecular weight is 277 g/mol. The summed E-state index contributed by atoms with van der Waals surface area (Å²) in [5.74, 6) is 0.577. The van der Waals surface area contributed by atoms with Crippen LogP contribution in [0.4, 0.5) is 5.69 Å². The van der Waals surface area contributed by atoms with Crippen LogP contribution in [-0.2, 0) is 0 Å². The summed E-state index contributed by atoms with van der Waals surface area (Å²) in [6.07, 6.45) is 2.32. The lowest BCUT2D eigenvalue weighted by atomic mass is 9.93. The molecule has 1 aliphatic heterocycles. The van der Waals surface area contributed by atoms with Crippen LogP contribution in [0.5, 0.6) is 0 Å². The van der Waals surface area contributed by atoms with Gasteiger partial charge in [0, 0.05) is 18.2 Å². The quantitative estimate of drug-likeness (QED) is 0.493. The highest BCUT2D eigenvalue weighted by Crippen LogP contribution is 2.36. The Hall–Kier alpha value is -1.46. The molecule has 0 aliphatic carbocycles. The lowest BCUT2D eigenvalue weighted by molar-refractivity contribution is -0.384. The topological polar surface area (TPSA) is 58.4 Å². The second-order valence-electron chi connectivity index (χ2n) is 5.53. The van der Waals surface area contributed by atoms with E-state index in [1.54, 1.807) is 12.1 Å². The summed E-state index contributed by atoms with van der Waals surface area (Å²) in [7, 11) is 2.13. The van der Waals surface area contributed by atoms with Gasteiger partial charge < -0.3 is 5.32 Å². The number of hydrogen-bond donors (Lipinski definition) is 1. The minimum absolute atomic E-state index is 0.162. The van der Waals surface area contributed by atoms with Crippen molar-refractivity contribution < 1.29 is 4.92 Å². The van der Waals surface area contributed by atoms with Crippen LogP contribution in [0, 0.1) is 16.0 Å². The molecule has 1 aromatic carbocycles. The van der Waals surface area contributed by atoms with Crippen LogP contribution >= 0.6 is 0 Å². The van der Waals surface area contributed by atoms with Gasteiger partial charge >= 0.3 is 0 Å². The lowest BCUT2D eigenvalue weighted by Gasteiger charge is -2.25. The van der Waals surface area contributed by atoms with E-state index >= 15 is 0 Å². The third-order valence-corrected chi connectivity index (χ3v) is 4.05. The molecule has 1 aliphatic rings. The Balaban J connectivity index is 2.08. The molecule has 1 heterocycles. The normalized spacial score (nSPS) is 23.1. The zero-order chi connectivity index (χ0) is 14.5. The summed E-state index contributed by atoms with van der Waals surface area (Å²) in [6, 6.07) is 7.38. The third kappa shape index (κ3) is 3.35. The Morgan fingerprint density at radius 3 is 2.70 bits per heavy atom. The van der Waals surface area contributed by atoms with Crippen molar-refractivity contribution in [3.05, 3.63) is 39.9 Å². The van der Waals surface area contributed by atoms with Gasteiger partial charge in [-0.05, 0) is 51.0 Å². The van der Waals surface area contributed by atoms with E-state index in [4.69, 9.17) is 0 Å². The summed E-state index contributed by atoms with van der Waals surface area (Å²) in [5.41, 5.74) is 1.34. The Kier molecular flexibility index (Phi) is 5.09. The summed E-state index contributed by atoms with van der Waals surface area (Å²) in [5, 5.41) is 14.2. The minimum atomic E-state index is -0.345. The van der Waals surface area contributed by atoms with Gasteiger partial charge in [-0.1, -0.05) is 19.1 Å². The highest BCUT2D eigenvalue weighted by molar-refractivity contribution is 5.34. The van der Waals surface area contributed by atoms with Crippen LogP contribution in [0.2, 0.25) is 0 Å². The molecule has 1 fully saturated rings. The molecule has 110 valence electrons. The first-order valence-electron chi connectivity index (χ1n) is 7.28. The van der Waals surface area contributed by atoms with Crippen molar-refractivity contribution in [3.8, 4) is 0 Å². The van der Waals surface area contributed by atoms with Crippen molar-refractivity contribution in [3.63, 3.8) is 0 Å². The van der Waals surface area contributed by atoms with Crippen molar-refractivity contribution >= 4 is 5.69 Å². The molecule has 0 saturated carbocycles. The smallest absolute Gasteiger partial charge is 0.269 e. The predicted octanol–water partition coefficient (Wildman–Crippen LogP) is 2.59. The first-order valence-corrected chi connectivity index (χ1v) is 7.28. The van der Waals surface area contributed by atoms with Gasteiger partial charge in [0.15, 0.2) is 0 Å². The number of nitrogens with zero attached hydrogens (tertiary/aromatic N) is 2. The fraction of sp³-hybridized carbons (Fsp3) is 0.600. The van der Waals surface area contributed by atoms with Gasteiger partial charge in [0.2, 0.25) is 0 Å². The maximum absolute atomic E-state index is 10.7. The van der Waals surface area contributed by atoms with Gasteiger partial charge in [0.1, 0.15) is 0 Å². The standard InChI is InChI=1S/C15H23N3O2/c1-3-9-16-11-13-8-10-17(2)15(13)12-4-6-14(7-5-12)18(19)20/h4-7,13,15-16H,3,8-11H2,1-2H3. The average Bonchev–Trinajstić information content (AvgIpc) is 2.80. The number of likely N-dealkylation sites (tertiary alicyclic amines) is 1. The van der Waals surface area contributed by atoms with Crippen molar-refractivity contribution in [2.75, 3.05) is 26.7 Å². The van der Waals surface area contributed by atoms with E-state index in [9.17, 15) is 10.1 Å². The van der Waals surface area contributed by atoms with Gasteiger partial charge in [0.25, 0.3) is 5.69 Å². The largest absolute Gasteiger partial charge is 0.316 e. The van der Waals surface area contributed by atoms with E-state index in [0.717, 1.165) is 26.1 Å². The van der Waals surface area contributed by atoms with Crippen LogP contribution in [0.25, 0.3) is 0 Å². The van der Waals surface area contributed by atoms with E-state index in [-0.39, 0.29) is 10.6 Å². The third-order valence-electron chi connectivity index (χ3n) is 4.05. The highest BCUT2D eigenvalue weighted by Gasteiger charge is 2.32. The molecular formula is C15H23N3O2. The van der Waals surface area contributed by atoms with Crippen molar-refractivity contribution in [2.45, 2.75) is 25.8 Å². The van der Waals surface area contributed by atoms with E-state index < -0.39 is 0 Å². The fourth-order valence-electron chi connectivity index (χ4n) is 3.02. The number of hydrogen-bond acceptors (Lipinski definition) is 4. The van der Waals surface area contributed by atoms with Gasteiger partial charge in [-0.3, -0.25) is 15.0 Å². The first kappa shape index (κ1) is 14.9. The molecule has 5 heteroatoms. The molecule has 2 unspecified atom stereocenters. The fourth-order valence-corrected chi connectivity index (χ4v) is 3.02. The molecule has 0 amide bonds. The molecule has 1 saturated heterocycles. The molecule has 0 aromatic heterocycles. The lowest BCUT2D eigenvalue weighted by Crippen LogP contribution is -2.28. The number of nitrogens with one attached hydrogen (secondary N) is 1. The number of rotatable bonds is 6. The zero-order valence-electron chi connectivity index (χ0n) is 12.2.